The van der Waals surface area contributed by atoms with Crippen molar-refractivity contribution in [2.45, 2.75) is 32.2 Å². The van der Waals surface area contributed by atoms with Crippen molar-refractivity contribution in [3.8, 4) is 0 Å². The summed E-state index contributed by atoms with van der Waals surface area (Å²) in [6.07, 6.45) is 1.60. The molecule has 1 aromatic heterocycles. The third kappa shape index (κ3) is 2.85. The smallest absolute Gasteiger partial charge is 0.230 e. The van der Waals surface area contributed by atoms with E-state index in [1.165, 1.54) is 0 Å². The maximum Gasteiger partial charge on any atom is 0.230 e. The largest absolute Gasteiger partial charge is 0.467 e. The summed E-state index contributed by atoms with van der Waals surface area (Å²) in [7, 11) is 0. The number of rotatable bonds is 4. The summed E-state index contributed by atoms with van der Waals surface area (Å²) >= 11 is 0. The van der Waals surface area contributed by atoms with E-state index in [1.54, 1.807) is 18.4 Å². The van der Waals surface area contributed by atoms with Crippen LogP contribution in [0.4, 0.5) is 5.69 Å². The van der Waals surface area contributed by atoms with Crippen LogP contribution in [0.25, 0.3) is 0 Å². The molecule has 2 aromatic rings. The number of hydrogen-bond donors (Lipinski definition) is 2. The molecule has 0 aliphatic heterocycles. The van der Waals surface area contributed by atoms with Gasteiger partial charge in [-0.05, 0) is 50.6 Å². The van der Waals surface area contributed by atoms with Gasteiger partial charge in [0.25, 0.3) is 0 Å². The van der Waals surface area contributed by atoms with Gasteiger partial charge in [-0.15, -0.1) is 0 Å². The Labute approximate surface area is 119 Å². The first-order valence-corrected chi connectivity index (χ1v) is 6.61. The zero-order chi connectivity index (χ0) is 14.8. The van der Waals surface area contributed by atoms with Crippen molar-refractivity contribution in [2.24, 2.45) is 0 Å². The van der Waals surface area contributed by atoms with Gasteiger partial charge in [-0.2, -0.15) is 0 Å². The van der Waals surface area contributed by atoms with Gasteiger partial charge in [0.1, 0.15) is 5.76 Å². The van der Waals surface area contributed by atoms with Gasteiger partial charge in [-0.25, -0.2) is 0 Å². The van der Waals surface area contributed by atoms with Crippen LogP contribution in [0.15, 0.2) is 47.1 Å². The van der Waals surface area contributed by atoms with E-state index in [4.69, 9.17) is 10.2 Å². The van der Waals surface area contributed by atoms with Crippen molar-refractivity contribution in [2.75, 3.05) is 5.73 Å². The van der Waals surface area contributed by atoms with Crippen molar-refractivity contribution >= 4 is 11.6 Å². The number of nitrogen functional groups attached to an aromatic ring is 1. The summed E-state index contributed by atoms with van der Waals surface area (Å²) in [5.41, 5.74) is 6.66. The van der Waals surface area contributed by atoms with Gasteiger partial charge in [0.15, 0.2) is 0 Å². The molecular weight excluding hydrogens is 252 g/mol. The average Bonchev–Trinajstić information content (AvgIpc) is 2.93. The quantitative estimate of drug-likeness (QED) is 0.841. The fourth-order valence-corrected chi connectivity index (χ4v) is 2.02. The van der Waals surface area contributed by atoms with Crippen molar-refractivity contribution in [1.29, 1.82) is 0 Å². The van der Waals surface area contributed by atoms with Crippen LogP contribution in [0.5, 0.6) is 0 Å². The van der Waals surface area contributed by atoms with E-state index in [2.05, 4.69) is 5.32 Å². The third-order valence-electron chi connectivity index (χ3n) is 3.52. The van der Waals surface area contributed by atoms with Gasteiger partial charge in [0, 0.05) is 5.69 Å². The molecule has 3 N–H and O–H groups in total. The molecule has 1 heterocycles. The first-order chi connectivity index (χ1) is 9.41. The minimum absolute atomic E-state index is 0.0498. The molecule has 20 heavy (non-hydrogen) atoms. The third-order valence-corrected chi connectivity index (χ3v) is 3.52. The van der Waals surface area contributed by atoms with Gasteiger partial charge in [-0.1, -0.05) is 12.1 Å². The lowest BCUT2D eigenvalue weighted by Crippen LogP contribution is -2.41. The number of amides is 1. The van der Waals surface area contributed by atoms with Crippen LogP contribution in [-0.2, 0) is 10.2 Å². The number of benzene rings is 1. The Morgan fingerprint density at radius 1 is 1.25 bits per heavy atom. The molecule has 1 aromatic carbocycles. The van der Waals surface area contributed by atoms with Gasteiger partial charge in [0.05, 0.1) is 17.7 Å². The summed E-state index contributed by atoms with van der Waals surface area (Å²) in [6.45, 7) is 5.68. The second-order valence-electron chi connectivity index (χ2n) is 5.46. The van der Waals surface area contributed by atoms with Gasteiger partial charge in [-0.3, -0.25) is 4.79 Å². The van der Waals surface area contributed by atoms with Gasteiger partial charge >= 0.3 is 0 Å². The number of carbonyl (C=O) groups excluding carboxylic acids is 1. The zero-order valence-electron chi connectivity index (χ0n) is 12.0. The summed E-state index contributed by atoms with van der Waals surface area (Å²) in [5.74, 6) is 0.692. The monoisotopic (exact) mass is 272 g/mol. The SMILES string of the molecule is C[C@@H](NC(=O)C(C)(C)c1ccc(N)cc1)c1ccco1. The molecule has 0 fully saturated rings. The van der Waals surface area contributed by atoms with Crippen LogP contribution in [0.1, 0.15) is 38.1 Å². The number of anilines is 1. The lowest BCUT2D eigenvalue weighted by atomic mass is 9.83. The van der Waals surface area contributed by atoms with Crippen LogP contribution in [0, 0.1) is 0 Å². The molecule has 4 nitrogen and oxygen atoms in total. The average molecular weight is 272 g/mol. The van der Waals surface area contributed by atoms with E-state index in [9.17, 15) is 4.79 Å². The van der Waals surface area contributed by atoms with E-state index in [-0.39, 0.29) is 11.9 Å². The first-order valence-electron chi connectivity index (χ1n) is 6.61. The van der Waals surface area contributed by atoms with E-state index in [0.717, 1.165) is 11.3 Å². The van der Waals surface area contributed by atoms with Crippen molar-refractivity contribution < 1.29 is 9.21 Å². The Morgan fingerprint density at radius 3 is 2.45 bits per heavy atom. The van der Waals surface area contributed by atoms with Crippen molar-refractivity contribution in [3.63, 3.8) is 0 Å². The lowest BCUT2D eigenvalue weighted by Gasteiger charge is -2.26. The molecule has 0 saturated carbocycles. The lowest BCUT2D eigenvalue weighted by molar-refractivity contribution is -0.126. The molecule has 1 amide bonds. The minimum atomic E-state index is -0.630. The summed E-state index contributed by atoms with van der Waals surface area (Å²) in [6, 6.07) is 10.9. The fraction of sp³-hybridized carbons (Fsp3) is 0.312. The Kier molecular flexibility index (Phi) is 3.84. The van der Waals surface area contributed by atoms with E-state index < -0.39 is 5.41 Å². The van der Waals surface area contributed by atoms with Gasteiger partial charge in [0.2, 0.25) is 5.91 Å². The molecule has 106 valence electrons. The minimum Gasteiger partial charge on any atom is -0.467 e. The highest BCUT2D eigenvalue weighted by atomic mass is 16.3. The number of furan rings is 1. The number of carbonyl (C=O) groups is 1. The molecule has 0 spiro atoms. The highest BCUT2D eigenvalue weighted by Crippen LogP contribution is 2.25. The molecular formula is C16H20N2O2. The summed E-state index contributed by atoms with van der Waals surface area (Å²) in [5, 5.41) is 2.97. The fourth-order valence-electron chi connectivity index (χ4n) is 2.02. The molecule has 1 atom stereocenters. The maximum atomic E-state index is 12.5. The summed E-state index contributed by atoms with van der Waals surface area (Å²) in [4.78, 5) is 12.5. The molecule has 0 saturated heterocycles. The molecule has 0 aliphatic carbocycles. The molecule has 0 radical (unpaired) electrons. The van der Waals surface area contributed by atoms with Crippen LogP contribution in [-0.4, -0.2) is 5.91 Å². The standard InChI is InChI=1S/C16H20N2O2/c1-11(14-5-4-10-20-14)18-15(19)16(2,3)12-6-8-13(17)9-7-12/h4-11H,17H2,1-3H3,(H,18,19)/t11-/m1/s1. The van der Waals surface area contributed by atoms with Crippen molar-refractivity contribution in [3.05, 3.63) is 54.0 Å². The molecule has 4 heteroatoms. The predicted molar refractivity (Wildman–Crippen MR) is 79.1 cm³/mol. The maximum absolute atomic E-state index is 12.5. The van der Waals surface area contributed by atoms with Crippen LogP contribution in [0.3, 0.4) is 0 Å². The summed E-state index contributed by atoms with van der Waals surface area (Å²) < 4.78 is 5.30. The second-order valence-corrected chi connectivity index (χ2v) is 5.46. The zero-order valence-corrected chi connectivity index (χ0v) is 12.0. The molecule has 0 aliphatic rings. The van der Waals surface area contributed by atoms with Crippen LogP contribution < -0.4 is 11.1 Å². The number of hydrogen-bond acceptors (Lipinski definition) is 3. The Bertz CT molecular complexity index is 571. The Morgan fingerprint density at radius 2 is 1.90 bits per heavy atom. The highest BCUT2D eigenvalue weighted by Gasteiger charge is 2.31. The van der Waals surface area contributed by atoms with Crippen LogP contribution in [0.2, 0.25) is 0 Å². The van der Waals surface area contributed by atoms with Gasteiger partial charge < -0.3 is 15.5 Å². The predicted octanol–water partition coefficient (Wildman–Crippen LogP) is 3.02. The number of nitrogens with one attached hydrogen (secondary N) is 1. The normalized spacial score (nSPS) is 12.9. The molecule has 0 bridgehead atoms. The molecule has 2 rings (SSSR count). The van der Waals surface area contributed by atoms with E-state index >= 15 is 0 Å². The Balaban J connectivity index is 2.13. The molecule has 0 unspecified atom stereocenters. The first kappa shape index (κ1) is 14.2. The Hall–Kier alpha value is -2.23. The topological polar surface area (TPSA) is 68.3 Å². The van der Waals surface area contributed by atoms with Crippen LogP contribution >= 0.6 is 0 Å². The highest BCUT2D eigenvalue weighted by molar-refractivity contribution is 5.87. The van der Waals surface area contributed by atoms with Crippen molar-refractivity contribution in [1.82, 2.24) is 5.32 Å². The van der Waals surface area contributed by atoms with E-state index in [0.29, 0.717) is 5.69 Å². The second kappa shape index (κ2) is 5.41. The van der Waals surface area contributed by atoms with E-state index in [1.807, 2.05) is 45.0 Å². The number of nitrogens with two attached hydrogens (primary N) is 1.